The summed E-state index contributed by atoms with van der Waals surface area (Å²) in [6, 6.07) is 0.319. The molecule has 2 nitrogen and oxygen atoms in total. The van der Waals surface area contributed by atoms with Crippen molar-refractivity contribution >= 4 is 12.4 Å². The van der Waals surface area contributed by atoms with Crippen molar-refractivity contribution in [3.05, 3.63) is 0 Å². The van der Waals surface area contributed by atoms with Gasteiger partial charge in [-0.15, -0.1) is 12.4 Å². The molecule has 2 atom stereocenters. The zero-order chi connectivity index (χ0) is 5.28. The van der Waals surface area contributed by atoms with Gasteiger partial charge in [0, 0.05) is 6.04 Å². The fourth-order valence-electron chi connectivity index (χ4n) is 0.845. The van der Waals surface area contributed by atoms with E-state index in [1.54, 1.807) is 0 Å². The van der Waals surface area contributed by atoms with Crippen LogP contribution in [0.2, 0.25) is 0 Å². The number of rotatable bonds is 0. The van der Waals surface area contributed by atoms with Crippen molar-refractivity contribution in [3.8, 4) is 0 Å². The molecule has 0 unspecified atom stereocenters. The molecule has 0 saturated carbocycles. The van der Waals surface area contributed by atoms with Gasteiger partial charge in [0.25, 0.3) is 0 Å². The lowest BCUT2D eigenvalue weighted by Gasteiger charge is -2.04. The van der Waals surface area contributed by atoms with Gasteiger partial charge in [-0.3, -0.25) is 0 Å². The average molecular weight is 138 g/mol. The number of halogens is 1. The van der Waals surface area contributed by atoms with E-state index in [0.29, 0.717) is 6.04 Å². The summed E-state index contributed by atoms with van der Waals surface area (Å²) in [6.07, 6.45) is 0.821. The van der Waals surface area contributed by atoms with Crippen LogP contribution in [0.4, 0.5) is 0 Å². The summed E-state index contributed by atoms with van der Waals surface area (Å²) in [6.45, 7) is 2.97. The van der Waals surface area contributed by atoms with Crippen LogP contribution < -0.4 is 5.32 Å². The first-order valence-electron chi connectivity index (χ1n) is 2.72. The summed E-state index contributed by atoms with van der Waals surface area (Å²) in [5.74, 6) is 0. The third kappa shape index (κ3) is 1.62. The smallest absolute Gasteiger partial charge is 0.0702 e. The minimum Gasteiger partial charge on any atom is -0.391 e. The van der Waals surface area contributed by atoms with Crippen LogP contribution >= 0.6 is 12.4 Å². The lowest BCUT2D eigenvalue weighted by molar-refractivity contribution is 0.166. The van der Waals surface area contributed by atoms with E-state index < -0.39 is 0 Å². The van der Waals surface area contributed by atoms with Crippen LogP contribution in [-0.2, 0) is 0 Å². The van der Waals surface area contributed by atoms with E-state index in [4.69, 9.17) is 5.11 Å². The summed E-state index contributed by atoms with van der Waals surface area (Å²) in [5.41, 5.74) is 0. The molecule has 0 aromatic heterocycles. The molecule has 0 spiro atoms. The van der Waals surface area contributed by atoms with Gasteiger partial charge in [-0.2, -0.15) is 0 Å². The summed E-state index contributed by atoms with van der Waals surface area (Å²) < 4.78 is 0. The van der Waals surface area contributed by atoms with Crippen molar-refractivity contribution < 1.29 is 5.11 Å². The van der Waals surface area contributed by atoms with Crippen molar-refractivity contribution in [3.63, 3.8) is 0 Å². The zero-order valence-corrected chi connectivity index (χ0v) is 5.74. The average Bonchev–Trinajstić information content (AvgIpc) is 1.91. The van der Waals surface area contributed by atoms with E-state index in [1.807, 2.05) is 6.92 Å². The van der Waals surface area contributed by atoms with Crippen LogP contribution in [0, 0.1) is 0 Å². The maximum absolute atomic E-state index is 8.94. The molecule has 8 heavy (non-hydrogen) atoms. The highest BCUT2D eigenvalue weighted by molar-refractivity contribution is 5.85. The summed E-state index contributed by atoms with van der Waals surface area (Å²) in [4.78, 5) is 0. The number of aliphatic hydroxyl groups excluding tert-OH is 1. The number of hydrogen-bond donors (Lipinski definition) is 2. The van der Waals surface area contributed by atoms with Crippen molar-refractivity contribution in [2.75, 3.05) is 6.54 Å². The Balaban J connectivity index is 0.000000490. The minimum absolute atomic E-state index is 0. The van der Waals surface area contributed by atoms with Gasteiger partial charge in [-0.25, -0.2) is 0 Å². The molecular formula is C5H12ClNO. The molecule has 1 rings (SSSR count). The van der Waals surface area contributed by atoms with Gasteiger partial charge in [0.1, 0.15) is 0 Å². The van der Waals surface area contributed by atoms with Crippen molar-refractivity contribution in [2.45, 2.75) is 25.5 Å². The van der Waals surface area contributed by atoms with Crippen molar-refractivity contribution in [2.24, 2.45) is 0 Å². The van der Waals surface area contributed by atoms with E-state index in [-0.39, 0.29) is 18.5 Å². The second-order valence-corrected chi connectivity index (χ2v) is 2.10. The Kier molecular flexibility index (Phi) is 3.36. The van der Waals surface area contributed by atoms with Crippen LogP contribution in [-0.4, -0.2) is 23.8 Å². The molecule has 0 radical (unpaired) electrons. The molecule has 1 aliphatic heterocycles. The number of nitrogens with one attached hydrogen (secondary N) is 1. The Morgan fingerprint density at radius 3 is 2.38 bits per heavy atom. The Hall–Kier alpha value is 0.210. The molecule has 1 aliphatic rings. The Morgan fingerprint density at radius 2 is 2.25 bits per heavy atom. The van der Waals surface area contributed by atoms with Crippen LogP contribution in [0.15, 0.2) is 0 Å². The fourth-order valence-corrected chi connectivity index (χ4v) is 0.845. The van der Waals surface area contributed by atoms with Gasteiger partial charge < -0.3 is 10.4 Å². The molecule has 1 fully saturated rings. The summed E-state index contributed by atoms with van der Waals surface area (Å²) in [5, 5.41) is 12.1. The molecule has 0 aromatic carbocycles. The molecule has 1 heterocycles. The van der Waals surface area contributed by atoms with Gasteiger partial charge in [-0.05, 0) is 19.9 Å². The second-order valence-electron chi connectivity index (χ2n) is 2.10. The predicted octanol–water partition coefficient (Wildman–Crippen LogP) is 0.151. The largest absolute Gasteiger partial charge is 0.391 e. The lowest BCUT2D eigenvalue weighted by Crippen LogP contribution is -2.25. The third-order valence-corrected chi connectivity index (χ3v) is 1.48. The highest BCUT2D eigenvalue weighted by atomic mass is 35.5. The van der Waals surface area contributed by atoms with Crippen LogP contribution in [0.25, 0.3) is 0 Å². The highest BCUT2D eigenvalue weighted by Gasteiger charge is 2.18. The highest BCUT2D eigenvalue weighted by Crippen LogP contribution is 2.03. The first-order valence-corrected chi connectivity index (χ1v) is 2.72. The van der Waals surface area contributed by atoms with Crippen LogP contribution in [0.5, 0.6) is 0 Å². The topological polar surface area (TPSA) is 32.3 Å². The van der Waals surface area contributed by atoms with Gasteiger partial charge in [0.2, 0.25) is 0 Å². The molecule has 0 bridgehead atoms. The van der Waals surface area contributed by atoms with Crippen molar-refractivity contribution in [1.29, 1.82) is 0 Å². The van der Waals surface area contributed by atoms with E-state index in [1.165, 1.54) is 0 Å². The molecule has 0 aliphatic carbocycles. The van der Waals surface area contributed by atoms with E-state index in [2.05, 4.69) is 5.32 Å². The zero-order valence-electron chi connectivity index (χ0n) is 4.92. The van der Waals surface area contributed by atoms with Crippen molar-refractivity contribution in [1.82, 2.24) is 5.32 Å². The lowest BCUT2D eigenvalue weighted by atomic mass is 10.2. The van der Waals surface area contributed by atoms with Crippen LogP contribution in [0.1, 0.15) is 13.3 Å². The van der Waals surface area contributed by atoms with Gasteiger partial charge in [-0.1, -0.05) is 0 Å². The van der Waals surface area contributed by atoms with Gasteiger partial charge in [0.05, 0.1) is 6.10 Å². The molecule has 2 N–H and O–H groups in total. The summed E-state index contributed by atoms with van der Waals surface area (Å²) >= 11 is 0. The molecule has 3 heteroatoms. The number of hydrogen-bond acceptors (Lipinski definition) is 2. The molecule has 0 aromatic rings. The first kappa shape index (κ1) is 8.21. The molecule has 50 valence electrons. The minimum atomic E-state index is -0.0972. The molecule has 0 amide bonds. The fraction of sp³-hybridized carbons (Fsp3) is 1.00. The Morgan fingerprint density at radius 1 is 1.62 bits per heavy atom. The van der Waals surface area contributed by atoms with E-state index >= 15 is 0 Å². The van der Waals surface area contributed by atoms with Gasteiger partial charge in [0.15, 0.2) is 0 Å². The predicted molar refractivity (Wildman–Crippen MR) is 35.3 cm³/mol. The monoisotopic (exact) mass is 137 g/mol. The normalized spacial score (nSPS) is 36.8. The number of aliphatic hydroxyl groups is 1. The van der Waals surface area contributed by atoms with E-state index in [9.17, 15) is 0 Å². The first-order chi connectivity index (χ1) is 3.30. The maximum atomic E-state index is 8.94. The Bertz CT molecular complexity index is 61.4. The van der Waals surface area contributed by atoms with E-state index in [0.717, 1.165) is 13.0 Å². The van der Waals surface area contributed by atoms with Crippen LogP contribution in [0.3, 0.4) is 0 Å². The summed E-state index contributed by atoms with van der Waals surface area (Å²) in [7, 11) is 0. The third-order valence-electron chi connectivity index (χ3n) is 1.48. The standard InChI is InChI=1S/C5H11NO.ClH/c1-4-5(7)2-3-6-4;/h4-7H,2-3H2,1H3;1H/t4-,5+;/m1./s1. The Labute approximate surface area is 55.7 Å². The van der Waals surface area contributed by atoms with Gasteiger partial charge >= 0.3 is 0 Å². The molecule has 1 saturated heterocycles. The molecular weight excluding hydrogens is 126 g/mol. The maximum Gasteiger partial charge on any atom is 0.0702 e. The SMILES string of the molecule is C[C@H]1NCC[C@@H]1O.Cl. The quantitative estimate of drug-likeness (QED) is 0.498. The second kappa shape index (κ2) is 3.28.